The Labute approximate surface area is 85.7 Å². The van der Waals surface area contributed by atoms with Crippen molar-refractivity contribution in [2.75, 3.05) is 6.61 Å². The lowest BCUT2D eigenvalue weighted by Gasteiger charge is -2.03. The van der Waals surface area contributed by atoms with Gasteiger partial charge >= 0.3 is 5.97 Å². The normalized spacial score (nSPS) is 10.1. The van der Waals surface area contributed by atoms with E-state index in [0.717, 1.165) is 6.42 Å². The summed E-state index contributed by atoms with van der Waals surface area (Å²) in [5.74, 6) is 1.76. The van der Waals surface area contributed by atoms with Crippen molar-refractivity contribution in [3.05, 3.63) is 41.4 Å². The zero-order valence-corrected chi connectivity index (χ0v) is 9.09. The van der Waals surface area contributed by atoms with E-state index in [1.807, 2.05) is 12.1 Å². The lowest BCUT2D eigenvalue weighted by Crippen LogP contribution is -2.07. The summed E-state index contributed by atoms with van der Waals surface area (Å²) < 4.78 is 4.98. The van der Waals surface area contributed by atoms with Gasteiger partial charge in [-0.05, 0) is 18.0 Å². The van der Waals surface area contributed by atoms with Gasteiger partial charge in [0.1, 0.15) is 0 Å². The predicted molar refractivity (Wildman–Crippen MR) is 58.4 cm³/mol. The Balaban J connectivity index is 2.29. The second kappa shape index (κ2) is 5.56. The molecule has 0 N–H and O–H groups in total. The molecule has 3 heteroatoms. The van der Waals surface area contributed by atoms with Crippen LogP contribution in [0.25, 0.3) is 0 Å². The number of esters is 1. The number of ether oxygens (including phenoxy) is 1. The van der Waals surface area contributed by atoms with Crippen molar-refractivity contribution in [3.63, 3.8) is 0 Å². The average molecular weight is 208 g/mol. The first-order valence-electron chi connectivity index (χ1n) is 4.42. The molecule has 0 aliphatic rings. The number of carbonyl (C=O) groups is 1. The molecule has 0 atom stereocenters. The fourth-order valence-electron chi connectivity index (χ4n) is 0.918. The molecule has 0 aromatic carbocycles. The Morgan fingerprint density at radius 2 is 2.36 bits per heavy atom. The lowest BCUT2D eigenvalue weighted by atomic mass is 10.3. The molecule has 0 fully saturated rings. The van der Waals surface area contributed by atoms with Gasteiger partial charge in [-0.1, -0.05) is 33.0 Å². The van der Waals surface area contributed by atoms with Crippen molar-refractivity contribution < 1.29 is 9.53 Å². The van der Waals surface area contributed by atoms with Gasteiger partial charge in [0.15, 0.2) is 0 Å². The van der Waals surface area contributed by atoms with Gasteiger partial charge in [-0.15, -0.1) is 0 Å². The molecule has 74 valence electrons. The smallest absolute Gasteiger partial charge is 0.333 e. The largest absolute Gasteiger partial charge is 0.462 e. The third-order valence-electron chi connectivity index (χ3n) is 1.67. The van der Waals surface area contributed by atoms with Crippen molar-refractivity contribution in [1.82, 2.24) is 0 Å². The molecule has 14 heavy (non-hydrogen) atoms. The Kier molecular flexibility index (Phi) is 4.34. The molecule has 0 aliphatic heterocycles. The van der Waals surface area contributed by atoms with Gasteiger partial charge in [-0.2, -0.15) is 0 Å². The molecule has 0 radical (unpaired) electrons. The Morgan fingerprint density at radius 1 is 1.57 bits per heavy atom. The highest BCUT2D eigenvalue weighted by Gasteiger charge is 2.02. The van der Waals surface area contributed by atoms with Crippen LogP contribution in [-0.4, -0.2) is 12.6 Å². The van der Waals surface area contributed by atoms with Gasteiger partial charge in [0.2, 0.25) is 0 Å². The fraction of sp³-hybridized carbons (Fsp3) is 0.273. The first-order valence-corrected chi connectivity index (χ1v) is 5.39. The molecule has 0 unspecified atom stereocenters. The van der Waals surface area contributed by atoms with E-state index in [4.69, 9.17) is 4.74 Å². The molecule has 0 bridgehead atoms. The van der Waals surface area contributed by atoms with Gasteiger partial charge in [0, 0.05) is 12.0 Å². The van der Waals surface area contributed by atoms with Crippen molar-refractivity contribution in [1.29, 1.82) is 0 Å². The highest BCUT2D eigenvalue weighted by Crippen LogP contribution is 2.13. The quantitative estimate of drug-likeness (QED) is 0.561. The second-order valence-electron chi connectivity index (χ2n) is 2.99. The summed E-state index contributed by atoms with van der Waals surface area (Å²) in [4.78, 5) is 11.0. The molecule has 1 aromatic rings. The monoisotopic (exact) mass is 208 g/mol. The van der Waals surface area contributed by atoms with Crippen LogP contribution in [0, 0.1) is 0 Å². The van der Waals surface area contributed by atoms with E-state index in [1.165, 1.54) is 13.5 Å². The van der Waals surface area contributed by atoms with Gasteiger partial charge in [-0.25, -0.2) is 4.79 Å². The van der Waals surface area contributed by atoms with Crippen LogP contribution in [0.3, 0.4) is 0 Å². The van der Waals surface area contributed by atoms with Crippen LogP contribution in [0.15, 0.2) is 36.1 Å². The summed E-state index contributed by atoms with van der Waals surface area (Å²) in [7, 11) is 1.19. The molecule has 0 spiro atoms. The number of hydrogen-bond acceptors (Lipinski definition) is 2. The Bertz CT molecular complexity index is 319. The number of carbonyl (C=O) groups excluding carboxylic acids is 1. The zero-order chi connectivity index (χ0) is 10.4. The molecular weight excluding hydrogens is 195 g/mol. The SMILES string of the molecule is C=C(C)C(=O)OCCc1ccccp1. The molecule has 1 aromatic heterocycles. The standard InChI is InChI=1S/C11H13O2P/c1-9(2)11(12)13-7-6-10-5-3-4-8-14-10/h3-5,8H,1,6-7H2,2H3. The van der Waals surface area contributed by atoms with E-state index in [9.17, 15) is 4.79 Å². The maximum absolute atomic E-state index is 11.0. The summed E-state index contributed by atoms with van der Waals surface area (Å²) in [5.41, 5.74) is 0.451. The maximum atomic E-state index is 11.0. The minimum atomic E-state index is -0.308. The maximum Gasteiger partial charge on any atom is 0.333 e. The molecule has 0 saturated carbocycles. The number of rotatable bonds is 4. The van der Waals surface area contributed by atoms with E-state index < -0.39 is 0 Å². The minimum absolute atomic E-state index is 0.308. The molecule has 0 saturated heterocycles. The zero-order valence-electron chi connectivity index (χ0n) is 8.19. The third kappa shape index (κ3) is 3.71. The van der Waals surface area contributed by atoms with Crippen molar-refractivity contribution >= 4 is 14.2 Å². The topological polar surface area (TPSA) is 26.3 Å². The van der Waals surface area contributed by atoms with Crippen molar-refractivity contribution in [3.8, 4) is 0 Å². The summed E-state index contributed by atoms with van der Waals surface area (Å²) in [6.07, 6.45) is 0.793. The van der Waals surface area contributed by atoms with Crippen LogP contribution >= 0.6 is 8.19 Å². The van der Waals surface area contributed by atoms with Crippen LogP contribution in [0.4, 0.5) is 0 Å². The molecule has 1 rings (SSSR count). The lowest BCUT2D eigenvalue weighted by molar-refractivity contribution is -0.138. The highest BCUT2D eigenvalue weighted by molar-refractivity contribution is 7.30. The van der Waals surface area contributed by atoms with Crippen molar-refractivity contribution in [2.24, 2.45) is 0 Å². The van der Waals surface area contributed by atoms with Crippen LogP contribution in [0.2, 0.25) is 0 Å². The second-order valence-corrected chi connectivity index (χ2v) is 4.12. The van der Waals surface area contributed by atoms with Gasteiger partial charge in [-0.3, -0.25) is 0 Å². The molecule has 2 nitrogen and oxygen atoms in total. The van der Waals surface area contributed by atoms with Crippen LogP contribution in [0.1, 0.15) is 12.2 Å². The molecule has 0 aliphatic carbocycles. The van der Waals surface area contributed by atoms with E-state index in [0.29, 0.717) is 12.2 Å². The summed E-state index contributed by atoms with van der Waals surface area (Å²) in [6.45, 7) is 5.60. The van der Waals surface area contributed by atoms with E-state index >= 15 is 0 Å². The Morgan fingerprint density at radius 3 is 2.93 bits per heavy atom. The van der Waals surface area contributed by atoms with Gasteiger partial charge in [0.05, 0.1) is 6.61 Å². The van der Waals surface area contributed by atoms with E-state index in [1.54, 1.807) is 6.92 Å². The van der Waals surface area contributed by atoms with Gasteiger partial charge < -0.3 is 4.74 Å². The van der Waals surface area contributed by atoms with Gasteiger partial charge in [0.25, 0.3) is 0 Å². The van der Waals surface area contributed by atoms with E-state index in [-0.39, 0.29) is 5.97 Å². The average Bonchev–Trinajstić information content (AvgIpc) is 2.19. The molecule has 0 amide bonds. The van der Waals surface area contributed by atoms with Crippen LogP contribution in [-0.2, 0) is 16.0 Å². The first-order chi connectivity index (χ1) is 6.70. The summed E-state index contributed by atoms with van der Waals surface area (Å²) >= 11 is 0. The van der Waals surface area contributed by atoms with Crippen LogP contribution in [0.5, 0.6) is 0 Å². The first kappa shape index (κ1) is 10.9. The molecular formula is C11H13O2P. The third-order valence-corrected chi connectivity index (χ3v) is 2.69. The summed E-state index contributed by atoms with van der Waals surface area (Å²) in [5, 5.41) is 1.27. The van der Waals surface area contributed by atoms with Crippen molar-refractivity contribution in [2.45, 2.75) is 13.3 Å². The fourth-order valence-corrected chi connectivity index (χ4v) is 1.69. The predicted octanol–water partition coefficient (Wildman–Crippen LogP) is 2.93. The molecule has 1 heterocycles. The van der Waals surface area contributed by atoms with Crippen LogP contribution < -0.4 is 0 Å². The summed E-state index contributed by atoms with van der Waals surface area (Å²) in [6, 6.07) is 6.05. The minimum Gasteiger partial charge on any atom is -0.462 e. The number of hydrogen-bond donors (Lipinski definition) is 0. The highest BCUT2D eigenvalue weighted by atomic mass is 31.0. The Hall–Kier alpha value is -1.14. The van der Waals surface area contributed by atoms with E-state index in [2.05, 4.69) is 18.4 Å².